The van der Waals surface area contributed by atoms with Crippen LogP contribution in [0.4, 0.5) is 5.69 Å². The van der Waals surface area contributed by atoms with Gasteiger partial charge in [-0.05, 0) is 70.6 Å². The van der Waals surface area contributed by atoms with Crippen molar-refractivity contribution < 1.29 is 0 Å². The molecule has 3 heteroatoms. The topological polar surface area (TPSA) is 12.0 Å². The zero-order valence-corrected chi connectivity index (χ0v) is 10.8. The summed E-state index contributed by atoms with van der Waals surface area (Å²) in [4.78, 5) is 0. The molecule has 0 aliphatic rings. The van der Waals surface area contributed by atoms with Gasteiger partial charge in [-0.3, -0.25) is 0 Å². The molecule has 0 spiro atoms. The Morgan fingerprint density at radius 2 is 2.08 bits per heavy atom. The highest BCUT2D eigenvalue weighted by molar-refractivity contribution is 14.1. The van der Waals surface area contributed by atoms with Crippen molar-refractivity contribution in [3.63, 3.8) is 0 Å². The van der Waals surface area contributed by atoms with Gasteiger partial charge >= 0.3 is 0 Å². The first-order chi connectivity index (χ1) is 5.59. The van der Waals surface area contributed by atoms with Crippen molar-refractivity contribution >= 4 is 44.2 Å². The molecular weight excluding hydrogens is 329 g/mol. The highest BCUT2D eigenvalue weighted by Crippen LogP contribution is 2.24. The summed E-state index contributed by atoms with van der Waals surface area (Å²) >= 11 is 5.81. The van der Waals surface area contributed by atoms with Gasteiger partial charge in [0.25, 0.3) is 0 Å². The smallest absolute Gasteiger partial charge is 0.0487 e. The minimum Gasteiger partial charge on any atom is -0.382 e. The second kappa shape index (κ2) is 4.46. The Hall–Kier alpha value is 0.230. The molecule has 0 amide bonds. The Morgan fingerprint density at radius 3 is 2.58 bits per heavy atom. The summed E-state index contributed by atoms with van der Waals surface area (Å²) in [6, 6.07) is 6.76. The van der Waals surface area contributed by atoms with E-state index in [4.69, 9.17) is 0 Å². The zero-order valence-electron chi connectivity index (χ0n) is 7.07. The Labute approximate surface area is 95.2 Å². The molecule has 0 radical (unpaired) electrons. The highest BCUT2D eigenvalue weighted by atomic mass is 127. The van der Waals surface area contributed by atoms with Crippen molar-refractivity contribution in [1.82, 2.24) is 0 Å². The molecule has 0 saturated heterocycles. The molecule has 0 aromatic heterocycles. The molecule has 0 bridgehead atoms. The molecule has 1 aromatic carbocycles. The Kier molecular flexibility index (Phi) is 3.83. The third-order valence-electron chi connectivity index (χ3n) is 1.38. The number of hydrogen-bond donors (Lipinski definition) is 1. The maximum absolute atomic E-state index is 3.51. The average Bonchev–Trinajstić information content (AvgIpc) is 1.94. The number of anilines is 1. The molecule has 1 aromatic rings. The molecule has 1 N–H and O–H groups in total. The third kappa shape index (κ3) is 2.94. The van der Waals surface area contributed by atoms with Crippen LogP contribution in [0.5, 0.6) is 0 Å². The molecule has 0 saturated carbocycles. The number of benzene rings is 1. The van der Waals surface area contributed by atoms with Crippen LogP contribution >= 0.6 is 38.5 Å². The van der Waals surface area contributed by atoms with Crippen molar-refractivity contribution in [3.05, 3.63) is 26.2 Å². The van der Waals surface area contributed by atoms with Gasteiger partial charge in [-0.2, -0.15) is 0 Å². The van der Waals surface area contributed by atoms with Crippen molar-refractivity contribution in [2.24, 2.45) is 0 Å². The lowest BCUT2D eigenvalue weighted by atomic mass is 10.3. The van der Waals surface area contributed by atoms with E-state index in [-0.39, 0.29) is 0 Å². The van der Waals surface area contributed by atoms with Crippen molar-refractivity contribution in [2.75, 3.05) is 5.32 Å². The fourth-order valence-corrected chi connectivity index (χ4v) is 2.33. The Morgan fingerprint density at radius 1 is 1.42 bits per heavy atom. The van der Waals surface area contributed by atoms with E-state index in [1.165, 1.54) is 3.57 Å². The van der Waals surface area contributed by atoms with Crippen LogP contribution in [0.25, 0.3) is 0 Å². The standard InChI is InChI=1S/C9H11BrIN/c1-6(2)12-9-4-3-7(11)5-8(9)10/h3-6,12H,1-2H3. The third-order valence-corrected chi connectivity index (χ3v) is 2.70. The van der Waals surface area contributed by atoms with Crippen LogP contribution in [0.3, 0.4) is 0 Å². The largest absolute Gasteiger partial charge is 0.382 e. The molecule has 1 nitrogen and oxygen atoms in total. The predicted octanol–water partition coefficient (Wildman–Crippen LogP) is 3.87. The maximum Gasteiger partial charge on any atom is 0.0487 e. The lowest BCUT2D eigenvalue weighted by Crippen LogP contribution is -2.09. The minimum atomic E-state index is 0.473. The molecule has 66 valence electrons. The van der Waals surface area contributed by atoms with Crippen molar-refractivity contribution in [1.29, 1.82) is 0 Å². The van der Waals surface area contributed by atoms with Gasteiger partial charge in [0.1, 0.15) is 0 Å². The molecular formula is C9H11BrIN. The molecule has 0 aliphatic heterocycles. The molecule has 1 rings (SSSR count). The van der Waals surface area contributed by atoms with Gasteiger partial charge in [0.2, 0.25) is 0 Å². The first kappa shape index (κ1) is 10.3. The van der Waals surface area contributed by atoms with Crippen LogP contribution in [0.2, 0.25) is 0 Å². The fourth-order valence-electron chi connectivity index (χ4n) is 0.918. The molecule has 0 aliphatic carbocycles. The van der Waals surface area contributed by atoms with E-state index in [1.807, 2.05) is 0 Å². The van der Waals surface area contributed by atoms with E-state index >= 15 is 0 Å². The lowest BCUT2D eigenvalue weighted by molar-refractivity contribution is 0.898. The number of hydrogen-bond acceptors (Lipinski definition) is 1. The van der Waals surface area contributed by atoms with Gasteiger partial charge in [0.05, 0.1) is 0 Å². The molecule has 0 fully saturated rings. The van der Waals surface area contributed by atoms with E-state index < -0.39 is 0 Å². The second-order valence-electron chi connectivity index (χ2n) is 2.92. The number of halogens is 2. The minimum absolute atomic E-state index is 0.473. The summed E-state index contributed by atoms with van der Waals surface area (Å²) in [6.45, 7) is 4.26. The van der Waals surface area contributed by atoms with Crippen LogP contribution in [0.15, 0.2) is 22.7 Å². The lowest BCUT2D eigenvalue weighted by Gasteiger charge is -2.11. The van der Waals surface area contributed by atoms with Crippen LogP contribution in [-0.4, -0.2) is 6.04 Å². The Bertz CT molecular complexity index is 273. The van der Waals surface area contributed by atoms with Crippen LogP contribution in [-0.2, 0) is 0 Å². The summed E-state index contributed by atoms with van der Waals surface area (Å²) in [6.07, 6.45) is 0. The Balaban J connectivity index is 2.86. The zero-order chi connectivity index (χ0) is 9.14. The average molecular weight is 340 g/mol. The van der Waals surface area contributed by atoms with E-state index in [2.05, 4.69) is 75.9 Å². The predicted molar refractivity (Wildman–Crippen MR) is 65.6 cm³/mol. The van der Waals surface area contributed by atoms with Crippen LogP contribution < -0.4 is 5.32 Å². The monoisotopic (exact) mass is 339 g/mol. The maximum atomic E-state index is 3.51. The number of rotatable bonds is 2. The molecule has 0 heterocycles. The van der Waals surface area contributed by atoms with Gasteiger partial charge in [0, 0.05) is 19.8 Å². The van der Waals surface area contributed by atoms with E-state index in [9.17, 15) is 0 Å². The van der Waals surface area contributed by atoms with E-state index in [0.29, 0.717) is 6.04 Å². The summed E-state index contributed by atoms with van der Waals surface area (Å²) in [5.41, 5.74) is 1.16. The second-order valence-corrected chi connectivity index (χ2v) is 5.02. The van der Waals surface area contributed by atoms with Gasteiger partial charge in [-0.1, -0.05) is 0 Å². The van der Waals surface area contributed by atoms with Crippen molar-refractivity contribution in [2.45, 2.75) is 19.9 Å². The quantitative estimate of drug-likeness (QED) is 0.806. The van der Waals surface area contributed by atoms with Gasteiger partial charge < -0.3 is 5.32 Å². The van der Waals surface area contributed by atoms with Gasteiger partial charge in [-0.15, -0.1) is 0 Å². The highest BCUT2D eigenvalue weighted by Gasteiger charge is 2.00. The SMILES string of the molecule is CC(C)Nc1ccc(I)cc1Br. The normalized spacial score (nSPS) is 10.4. The molecule has 12 heavy (non-hydrogen) atoms. The van der Waals surface area contributed by atoms with Crippen molar-refractivity contribution in [3.8, 4) is 0 Å². The van der Waals surface area contributed by atoms with E-state index in [1.54, 1.807) is 0 Å². The van der Waals surface area contributed by atoms with Gasteiger partial charge in [0.15, 0.2) is 0 Å². The molecule has 0 atom stereocenters. The fraction of sp³-hybridized carbons (Fsp3) is 0.333. The number of nitrogens with one attached hydrogen (secondary N) is 1. The summed E-state index contributed by atoms with van der Waals surface area (Å²) in [5, 5.41) is 3.35. The first-order valence-electron chi connectivity index (χ1n) is 3.81. The summed E-state index contributed by atoms with van der Waals surface area (Å²) in [5.74, 6) is 0. The molecule has 0 unspecified atom stereocenters. The summed E-state index contributed by atoms with van der Waals surface area (Å²) < 4.78 is 2.37. The first-order valence-corrected chi connectivity index (χ1v) is 5.68. The summed E-state index contributed by atoms with van der Waals surface area (Å²) in [7, 11) is 0. The van der Waals surface area contributed by atoms with Crippen LogP contribution in [0.1, 0.15) is 13.8 Å². The van der Waals surface area contributed by atoms with E-state index in [0.717, 1.165) is 10.2 Å². The van der Waals surface area contributed by atoms with Crippen LogP contribution in [0, 0.1) is 3.57 Å². The van der Waals surface area contributed by atoms with Gasteiger partial charge in [-0.25, -0.2) is 0 Å².